The second kappa shape index (κ2) is 6.69. The van der Waals surface area contributed by atoms with Crippen molar-refractivity contribution in [2.45, 2.75) is 26.4 Å². The number of aryl methyl sites for hydroxylation is 1. The molecule has 1 aromatic heterocycles. The van der Waals surface area contributed by atoms with E-state index in [0.717, 1.165) is 21.8 Å². The molecule has 6 heteroatoms. The molecule has 1 aromatic carbocycles. The van der Waals surface area contributed by atoms with Gasteiger partial charge in [-0.3, -0.25) is 0 Å². The van der Waals surface area contributed by atoms with Crippen LogP contribution in [0.3, 0.4) is 0 Å². The summed E-state index contributed by atoms with van der Waals surface area (Å²) in [6.07, 6.45) is 0. The lowest BCUT2D eigenvalue weighted by Gasteiger charge is -2.17. The molecule has 5 nitrogen and oxygen atoms in total. The third kappa shape index (κ3) is 4.03. The molecule has 2 aromatic rings. The Balaban J connectivity index is 1.95. The number of nitrogens with one attached hydrogen (secondary N) is 1. The van der Waals surface area contributed by atoms with E-state index in [1.165, 1.54) is 0 Å². The average molecular weight is 304 g/mol. The second-order valence-electron chi connectivity index (χ2n) is 5.06. The van der Waals surface area contributed by atoms with Crippen molar-refractivity contribution < 1.29 is 4.79 Å². The summed E-state index contributed by atoms with van der Waals surface area (Å²) in [5.74, 6) is 0. The van der Waals surface area contributed by atoms with Crippen LogP contribution in [0.25, 0.3) is 0 Å². The van der Waals surface area contributed by atoms with Crippen LogP contribution in [0, 0.1) is 6.92 Å². The minimum Gasteiger partial charge on any atom is -0.324 e. The van der Waals surface area contributed by atoms with E-state index in [4.69, 9.17) is 5.73 Å². The maximum atomic E-state index is 12.1. The number of thiazole rings is 1. The maximum absolute atomic E-state index is 12.1. The number of hydrogen-bond donors (Lipinski definition) is 2. The Labute approximate surface area is 128 Å². The first-order valence-corrected chi connectivity index (χ1v) is 7.62. The van der Waals surface area contributed by atoms with Crippen molar-refractivity contribution in [1.29, 1.82) is 0 Å². The van der Waals surface area contributed by atoms with Gasteiger partial charge in [-0.25, -0.2) is 9.78 Å². The highest BCUT2D eigenvalue weighted by atomic mass is 32.1. The first-order chi connectivity index (χ1) is 9.97. The van der Waals surface area contributed by atoms with Crippen molar-refractivity contribution >= 4 is 23.1 Å². The molecule has 0 spiro atoms. The summed E-state index contributed by atoms with van der Waals surface area (Å²) >= 11 is 1.56. The van der Waals surface area contributed by atoms with Gasteiger partial charge in [0, 0.05) is 23.7 Å². The molecule has 1 heterocycles. The zero-order valence-electron chi connectivity index (χ0n) is 12.5. The topological polar surface area (TPSA) is 71.2 Å². The summed E-state index contributed by atoms with van der Waals surface area (Å²) in [5.41, 5.74) is 10.4. The van der Waals surface area contributed by atoms with Crippen LogP contribution in [0.15, 0.2) is 29.8 Å². The minimum absolute atomic E-state index is 0.00766. The molecular formula is C15H20N4OS. The van der Waals surface area contributed by atoms with Crippen molar-refractivity contribution in [3.8, 4) is 0 Å². The number of rotatable bonds is 4. The van der Waals surface area contributed by atoms with Gasteiger partial charge in [-0.15, -0.1) is 11.3 Å². The Morgan fingerprint density at radius 1 is 1.43 bits per heavy atom. The number of hydrogen-bond acceptors (Lipinski definition) is 4. The van der Waals surface area contributed by atoms with Crippen LogP contribution in [-0.4, -0.2) is 23.0 Å². The van der Waals surface area contributed by atoms with Gasteiger partial charge in [-0.1, -0.05) is 12.1 Å². The van der Waals surface area contributed by atoms with E-state index in [9.17, 15) is 4.79 Å². The smallest absolute Gasteiger partial charge is 0.321 e. The average Bonchev–Trinajstić information content (AvgIpc) is 2.84. The maximum Gasteiger partial charge on any atom is 0.321 e. The van der Waals surface area contributed by atoms with Gasteiger partial charge in [0.25, 0.3) is 0 Å². The molecule has 3 N–H and O–H groups in total. The van der Waals surface area contributed by atoms with Crippen molar-refractivity contribution in [3.63, 3.8) is 0 Å². The highest BCUT2D eigenvalue weighted by Gasteiger charge is 2.12. The van der Waals surface area contributed by atoms with Gasteiger partial charge >= 0.3 is 6.03 Å². The summed E-state index contributed by atoms with van der Waals surface area (Å²) in [7, 11) is 1.77. The Morgan fingerprint density at radius 2 is 2.10 bits per heavy atom. The molecular weight excluding hydrogens is 284 g/mol. The monoisotopic (exact) mass is 304 g/mol. The first-order valence-electron chi connectivity index (χ1n) is 6.74. The largest absolute Gasteiger partial charge is 0.324 e. The van der Waals surface area contributed by atoms with Crippen molar-refractivity contribution in [1.82, 2.24) is 9.88 Å². The first kappa shape index (κ1) is 15.5. The number of carbonyl (C=O) groups excluding carboxylic acids is 1. The fourth-order valence-corrected chi connectivity index (χ4v) is 2.68. The molecule has 1 atom stereocenters. The highest BCUT2D eigenvalue weighted by molar-refractivity contribution is 7.09. The number of nitrogens with zero attached hydrogens (tertiary/aromatic N) is 2. The van der Waals surface area contributed by atoms with Crippen molar-refractivity contribution in [2.75, 3.05) is 12.4 Å². The summed E-state index contributed by atoms with van der Waals surface area (Å²) in [6.45, 7) is 4.43. The Kier molecular flexibility index (Phi) is 4.93. The van der Waals surface area contributed by atoms with E-state index >= 15 is 0 Å². The van der Waals surface area contributed by atoms with Crippen molar-refractivity contribution in [2.24, 2.45) is 5.73 Å². The standard InChI is InChI=1S/C15H20N4OS/c1-10(16)12-4-6-13(7-5-12)18-15(20)19(3)8-14-11(2)17-9-21-14/h4-7,9-10H,8,16H2,1-3H3,(H,18,20). The molecule has 21 heavy (non-hydrogen) atoms. The number of aromatic nitrogens is 1. The van der Waals surface area contributed by atoms with Gasteiger partial charge in [-0.2, -0.15) is 0 Å². The number of urea groups is 1. The number of anilines is 1. The number of benzene rings is 1. The van der Waals surface area contributed by atoms with E-state index in [0.29, 0.717) is 6.54 Å². The van der Waals surface area contributed by atoms with E-state index < -0.39 is 0 Å². The zero-order valence-corrected chi connectivity index (χ0v) is 13.3. The van der Waals surface area contributed by atoms with Gasteiger partial charge in [-0.05, 0) is 31.5 Å². The van der Waals surface area contributed by atoms with Crippen LogP contribution in [0.5, 0.6) is 0 Å². The number of carbonyl (C=O) groups is 1. The minimum atomic E-state index is -0.142. The van der Waals surface area contributed by atoms with E-state index in [2.05, 4.69) is 10.3 Å². The van der Waals surface area contributed by atoms with E-state index in [1.807, 2.05) is 38.1 Å². The Hall–Kier alpha value is -1.92. The molecule has 0 bridgehead atoms. The normalized spacial score (nSPS) is 12.0. The molecule has 1 unspecified atom stereocenters. The highest BCUT2D eigenvalue weighted by Crippen LogP contribution is 2.17. The summed E-state index contributed by atoms with van der Waals surface area (Å²) < 4.78 is 0. The van der Waals surface area contributed by atoms with E-state index in [-0.39, 0.29) is 12.1 Å². The lowest BCUT2D eigenvalue weighted by molar-refractivity contribution is 0.221. The van der Waals surface area contributed by atoms with Crippen LogP contribution in [0.1, 0.15) is 29.1 Å². The van der Waals surface area contributed by atoms with Gasteiger partial charge in [0.2, 0.25) is 0 Å². The number of amides is 2. The number of nitrogens with two attached hydrogens (primary N) is 1. The third-order valence-corrected chi connectivity index (χ3v) is 4.18. The summed E-state index contributed by atoms with van der Waals surface area (Å²) in [6, 6.07) is 7.43. The van der Waals surface area contributed by atoms with Gasteiger partial charge in [0.05, 0.1) is 17.7 Å². The van der Waals surface area contributed by atoms with Gasteiger partial charge in [0.1, 0.15) is 0 Å². The Morgan fingerprint density at radius 3 is 2.62 bits per heavy atom. The van der Waals surface area contributed by atoms with E-state index in [1.54, 1.807) is 28.8 Å². The summed E-state index contributed by atoms with van der Waals surface area (Å²) in [5, 5.41) is 2.87. The molecule has 0 saturated heterocycles. The molecule has 0 aliphatic heterocycles. The predicted octanol–water partition coefficient (Wildman–Crippen LogP) is 3.14. The van der Waals surface area contributed by atoms with Crippen LogP contribution >= 0.6 is 11.3 Å². The molecule has 0 saturated carbocycles. The molecule has 112 valence electrons. The lowest BCUT2D eigenvalue weighted by Crippen LogP contribution is -2.30. The SMILES string of the molecule is Cc1ncsc1CN(C)C(=O)Nc1ccc(C(C)N)cc1. The second-order valence-corrected chi connectivity index (χ2v) is 6.00. The van der Waals surface area contributed by atoms with Gasteiger partial charge < -0.3 is 16.0 Å². The molecule has 0 fully saturated rings. The predicted molar refractivity (Wildman–Crippen MR) is 86.4 cm³/mol. The fraction of sp³-hybridized carbons (Fsp3) is 0.333. The van der Waals surface area contributed by atoms with Crippen LogP contribution in [0.2, 0.25) is 0 Å². The van der Waals surface area contributed by atoms with Crippen LogP contribution < -0.4 is 11.1 Å². The fourth-order valence-electron chi connectivity index (χ4n) is 1.85. The lowest BCUT2D eigenvalue weighted by atomic mass is 10.1. The molecule has 0 aliphatic carbocycles. The molecule has 0 radical (unpaired) electrons. The Bertz CT molecular complexity index is 606. The molecule has 0 aliphatic rings. The summed E-state index contributed by atoms with van der Waals surface area (Å²) in [4.78, 5) is 19.1. The third-order valence-electron chi connectivity index (χ3n) is 3.26. The molecule has 2 amide bonds. The molecule has 2 rings (SSSR count). The quantitative estimate of drug-likeness (QED) is 0.911. The van der Waals surface area contributed by atoms with Crippen LogP contribution in [0.4, 0.5) is 10.5 Å². The zero-order chi connectivity index (χ0) is 15.4. The van der Waals surface area contributed by atoms with Crippen LogP contribution in [-0.2, 0) is 6.54 Å². The van der Waals surface area contributed by atoms with Crippen molar-refractivity contribution in [3.05, 3.63) is 45.9 Å². The van der Waals surface area contributed by atoms with Gasteiger partial charge in [0.15, 0.2) is 0 Å².